The number of nitrogens with two attached hydrogens (primary N) is 1. The monoisotopic (exact) mass is 372 g/mol. The van der Waals surface area contributed by atoms with E-state index in [4.69, 9.17) is 10.5 Å². The molecule has 3 rings (SSSR count). The quantitative estimate of drug-likeness (QED) is 0.474. The van der Waals surface area contributed by atoms with Gasteiger partial charge in [0.2, 0.25) is 11.9 Å². The number of ether oxygens (including phenoxy) is 1. The van der Waals surface area contributed by atoms with Crippen LogP contribution in [0.5, 0.6) is 5.75 Å². The lowest BCUT2D eigenvalue weighted by molar-refractivity contribution is 0.314. The minimum absolute atomic E-state index is 0.274. The molecule has 0 radical (unpaired) electrons. The van der Waals surface area contributed by atoms with E-state index >= 15 is 0 Å². The number of rotatable bonds is 10. The van der Waals surface area contributed by atoms with Crippen LogP contribution in [-0.4, -0.2) is 27.9 Å². The lowest BCUT2D eigenvalue weighted by Gasteiger charge is -2.09. The lowest BCUT2D eigenvalue weighted by Crippen LogP contribution is -2.12. The maximum Gasteiger partial charge on any atom is 0.241 e. The molecule has 0 unspecified atom stereocenters. The molecule has 0 aliphatic carbocycles. The summed E-state index contributed by atoms with van der Waals surface area (Å²) in [6.45, 7) is 3.09. The predicted molar refractivity (Wildman–Crippen MR) is 105 cm³/mol. The number of anilines is 2. The van der Waals surface area contributed by atoms with E-state index in [1.807, 2.05) is 12.1 Å². The van der Waals surface area contributed by atoms with Crippen molar-refractivity contribution in [2.45, 2.75) is 19.5 Å². The summed E-state index contributed by atoms with van der Waals surface area (Å²) >= 11 is 1.77. The SMILES string of the molecule is Cn1nc(N)nc1NCCCOc1cccc(CNCc2cccs2)c1. The first-order valence-electron chi connectivity index (χ1n) is 8.56. The first-order chi connectivity index (χ1) is 12.7. The van der Waals surface area contributed by atoms with Gasteiger partial charge in [-0.15, -0.1) is 16.4 Å². The van der Waals surface area contributed by atoms with E-state index in [-0.39, 0.29) is 5.95 Å². The molecule has 7 nitrogen and oxygen atoms in total. The number of hydrogen-bond donors (Lipinski definition) is 3. The van der Waals surface area contributed by atoms with E-state index in [0.717, 1.165) is 31.8 Å². The van der Waals surface area contributed by atoms with Crippen molar-refractivity contribution in [3.8, 4) is 5.75 Å². The summed E-state index contributed by atoms with van der Waals surface area (Å²) in [6, 6.07) is 12.4. The molecule has 2 heterocycles. The normalized spacial score (nSPS) is 10.8. The third-order valence-electron chi connectivity index (χ3n) is 3.76. The minimum atomic E-state index is 0.274. The van der Waals surface area contributed by atoms with Crippen LogP contribution in [0.3, 0.4) is 0 Å². The molecular weight excluding hydrogens is 348 g/mol. The molecule has 0 fully saturated rings. The van der Waals surface area contributed by atoms with Gasteiger partial charge >= 0.3 is 0 Å². The first-order valence-corrected chi connectivity index (χ1v) is 9.44. The minimum Gasteiger partial charge on any atom is -0.494 e. The summed E-state index contributed by atoms with van der Waals surface area (Å²) in [4.78, 5) is 5.44. The molecule has 0 spiro atoms. The smallest absolute Gasteiger partial charge is 0.241 e. The van der Waals surface area contributed by atoms with Crippen LogP contribution < -0.4 is 21.1 Å². The largest absolute Gasteiger partial charge is 0.494 e. The molecular formula is C18H24N6OS. The molecule has 26 heavy (non-hydrogen) atoms. The van der Waals surface area contributed by atoms with Gasteiger partial charge in [-0.1, -0.05) is 18.2 Å². The highest BCUT2D eigenvalue weighted by atomic mass is 32.1. The van der Waals surface area contributed by atoms with E-state index in [1.54, 1.807) is 23.1 Å². The molecule has 2 aromatic heterocycles. The van der Waals surface area contributed by atoms with Crippen LogP contribution in [0.4, 0.5) is 11.9 Å². The predicted octanol–water partition coefficient (Wildman–Crippen LogP) is 2.63. The summed E-state index contributed by atoms with van der Waals surface area (Å²) in [5, 5.41) is 12.7. The second-order valence-corrected chi connectivity index (χ2v) is 6.91. The van der Waals surface area contributed by atoms with Crippen molar-refractivity contribution >= 4 is 23.2 Å². The van der Waals surface area contributed by atoms with Gasteiger partial charge in [0.15, 0.2) is 0 Å². The Hall–Kier alpha value is -2.58. The number of nitrogens with zero attached hydrogens (tertiary/aromatic N) is 3. The molecule has 0 saturated carbocycles. The molecule has 0 atom stereocenters. The highest BCUT2D eigenvalue weighted by molar-refractivity contribution is 7.09. The highest BCUT2D eigenvalue weighted by Crippen LogP contribution is 2.14. The van der Waals surface area contributed by atoms with Gasteiger partial charge in [0.25, 0.3) is 0 Å². The van der Waals surface area contributed by atoms with E-state index in [2.05, 4.69) is 50.4 Å². The van der Waals surface area contributed by atoms with Crippen LogP contribution in [0.15, 0.2) is 41.8 Å². The lowest BCUT2D eigenvalue weighted by atomic mass is 10.2. The Kier molecular flexibility index (Phi) is 6.45. The molecule has 0 aliphatic heterocycles. The topological polar surface area (TPSA) is 90.0 Å². The molecule has 1 aromatic carbocycles. The van der Waals surface area contributed by atoms with Crippen molar-refractivity contribution in [2.75, 3.05) is 24.2 Å². The van der Waals surface area contributed by atoms with E-state index in [1.165, 1.54) is 10.4 Å². The van der Waals surface area contributed by atoms with Crippen molar-refractivity contribution in [3.63, 3.8) is 0 Å². The molecule has 0 saturated heterocycles. The molecule has 8 heteroatoms. The van der Waals surface area contributed by atoms with Crippen molar-refractivity contribution < 1.29 is 4.74 Å². The Morgan fingerprint density at radius 2 is 2.15 bits per heavy atom. The number of aromatic nitrogens is 3. The molecule has 3 aromatic rings. The summed E-state index contributed by atoms with van der Waals surface area (Å²) in [5.74, 6) is 1.83. The fraction of sp³-hybridized carbons (Fsp3) is 0.333. The third-order valence-corrected chi connectivity index (χ3v) is 4.64. The number of aryl methyl sites for hydroxylation is 1. The van der Waals surface area contributed by atoms with E-state index < -0.39 is 0 Å². The summed E-state index contributed by atoms with van der Waals surface area (Å²) in [7, 11) is 1.81. The van der Waals surface area contributed by atoms with Crippen LogP contribution >= 0.6 is 11.3 Å². The fourth-order valence-corrected chi connectivity index (χ4v) is 3.18. The third kappa shape index (κ3) is 5.47. The number of benzene rings is 1. The van der Waals surface area contributed by atoms with Crippen LogP contribution in [0, 0.1) is 0 Å². The van der Waals surface area contributed by atoms with Crippen LogP contribution in [-0.2, 0) is 20.1 Å². The second-order valence-electron chi connectivity index (χ2n) is 5.88. The average molecular weight is 372 g/mol. The van der Waals surface area contributed by atoms with Crippen molar-refractivity contribution in [3.05, 3.63) is 52.2 Å². The van der Waals surface area contributed by atoms with Gasteiger partial charge in [-0.2, -0.15) is 4.98 Å². The Bertz CT molecular complexity index is 802. The van der Waals surface area contributed by atoms with Gasteiger partial charge in [0, 0.05) is 31.6 Å². The van der Waals surface area contributed by atoms with Gasteiger partial charge in [-0.05, 0) is 35.6 Å². The highest BCUT2D eigenvalue weighted by Gasteiger charge is 2.03. The number of nitrogen functional groups attached to an aromatic ring is 1. The molecule has 0 amide bonds. The Labute approximate surface area is 157 Å². The molecule has 0 aliphatic rings. The van der Waals surface area contributed by atoms with Crippen LogP contribution in [0.1, 0.15) is 16.9 Å². The summed E-state index contributed by atoms with van der Waals surface area (Å²) in [5.41, 5.74) is 6.76. The van der Waals surface area contributed by atoms with Gasteiger partial charge in [0.05, 0.1) is 6.61 Å². The number of nitrogens with one attached hydrogen (secondary N) is 2. The van der Waals surface area contributed by atoms with Gasteiger partial charge in [-0.3, -0.25) is 0 Å². The van der Waals surface area contributed by atoms with Gasteiger partial charge in [0.1, 0.15) is 5.75 Å². The number of thiophene rings is 1. The standard InChI is InChI=1S/C18H24N6OS/c1-24-18(22-17(19)23-24)21-8-4-9-25-15-6-2-5-14(11-15)12-20-13-16-7-3-10-26-16/h2-3,5-7,10-11,20H,4,8-9,12-13H2,1H3,(H3,19,21,22,23). The molecule has 4 N–H and O–H groups in total. The maximum atomic E-state index is 5.84. The number of hydrogen-bond acceptors (Lipinski definition) is 7. The first kappa shape index (κ1) is 18.2. The Balaban J connectivity index is 1.36. The van der Waals surface area contributed by atoms with Crippen LogP contribution in [0.25, 0.3) is 0 Å². The van der Waals surface area contributed by atoms with E-state index in [0.29, 0.717) is 12.6 Å². The zero-order valence-corrected chi connectivity index (χ0v) is 15.6. The van der Waals surface area contributed by atoms with Crippen molar-refractivity contribution in [2.24, 2.45) is 7.05 Å². The average Bonchev–Trinajstić information content (AvgIpc) is 3.25. The van der Waals surface area contributed by atoms with E-state index in [9.17, 15) is 0 Å². The zero-order chi connectivity index (χ0) is 18.2. The Morgan fingerprint density at radius 3 is 2.92 bits per heavy atom. The molecule has 138 valence electrons. The van der Waals surface area contributed by atoms with Crippen LogP contribution in [0.2, 0.25) is 0 Å². The second kappa shape index (κ2) is 9.21. The summed E-state index contributed by atoms with van der Waals surface area (Å²) < 4.78 is 7.47. The van der Waals surface area contributed by atoms with Gasteiger partial charge in [-0.25, -0.2) is 4.68 Å². The Morgan fingerprint density at radius 1 is 1.23 bits per heavy atom. The zero-order valence-electron chi connectivity index (χ0n) is 14.8. The van der Waals surface area contributed by atoms with Gasteiger partial charge < -0.3 is 21.1 Å². The fourth-order valence-electron chi connectivity index (χ4n) is 2.51. The van der Waals surface area contributed by atoms with Crippen molar-refractivity contribution in [1.29, 1.82) is 0 Å². The summed E-state index contributed by atoms with van der Waals surface area (Å²) in [6.07, 6.45) is 0.855. The molecule has 0 bridgehead atoms. The maximum absolute atomic E-state index is 5.84. The van der Waals surface area contributed by atoms with Crippen molar-refractivity contribution in [1.82, 2.24) is 20.1 Å².